The van der Waals surface area contributed by atoms with Crippen molar-refractivity contribution >= 4 is 46.3 Å². The minimum absolute atomic E-state index is 0.104. The molecular formula is C29H34N6O6. The van der Waals surface area contributed by atoms with E-state index in [2.05, 4.69) is 25.7 Å². The van der Waals surface area contributed by atoms with E-state index in [0.29, 0.717) is 61.2 Å². The number of nitrogens with zero attached hydrogens (tertiary/aromatic N) is 2. The highest BCUT2D eigenvalue weighted by Crippen LogP contribution is 2.27. The minimum atomic E-state index is -0.659. The number of amides is 5. The van der Waals surface area contributed by atoms with Gasteiger partial charge in [-0.25, -0.2) is 9.59 Å². The Balaban J connectivity index is 1.34. The molecule has 12 heteroatoms. The van der Waals surface area contributed by atoms with Crippen molar-refractivity contribution in [1.82, 2.24) is 25.4 Å². The summed E-state index contributed by atoms with van der Waals surface area (Å²) in [6.45, 7) is 3.56. The molecule has 0 spiro atoms. The van der Waals surface area contributed by atoms with Crippen LogP contribution < -0.4 is 16.0 Å². The number of methoxy groups -OCH3 is 1. The van der Waals surface area contributed by atoms with E-state index in [1.54, 1.807) is 47.4 Å². The Kier molecular flexibility index (Phi) is 9.56. The summed E-state index contributed by atoms with van der Waals surface area (Å²) in [5, 5.41) is 8.61. The Labute approximate surface area is 237 Å². The summed E-state index contributed by atoms with van der Waals surface area (Å²) >= 11 is 0. The van der Waals surface area contributed by atoms with Gasteiger partial charge in [0.15, 0.2) is 0 Å². The number of fused-ring (bicyclic) bond motifs is 1. The van der Waals surface area contributed by atoms with Gasteiger partial charge in [-0.3, -0.25) is 14.4 Å². The number of alkyl carbamates (subject to hydrolysis) is 1. The highest BCUT2D eigenvalue weighted by molar-refractivity contribution is 6.45. The van der Waals surface area contributed by atoms with E-state index in [0.717, 1.165) is 0 Å². The van der Waals surface area contributed by atoms with Crippen molar-refractivity contribution in [2.45, 2.75) is 25.8 Å². The van der Waals surface area contributed by atoms with Crippen LogP contribution in [0.2, 0.25) is 0 Å². The topological polar surface area (TPSA) is 153 Å². The van der Waals surface area contributed by atoms with Crippen molar-refractivity contribution in [2.75, 3.05) is 45.2 Å². The maximum Gasteiger partial charge on any atom is 0.406 e. The lowest BCUT2D eigenvalue weighted by molar-refractivity contribution is -0.130. The number of carbonyl (C=O) groups is 5. The maximum absolute atomic E-state index is 13.3. The number of urea groups is 1. The van der Waals surface area contributed by atoms with Crippen LogP contribution in [0, 0.1) is 0 Å². The zero-order valence-electron chi connectivity index (χ0n) is 23.1. The number of Topliss-reactive ketones (excluding diaryl/α,β-unsaturated/α-hetero) is 1. The van der Waals surface area contributed by atoms with E-state index < -0.39 is 23.8 Å². The number of rotatable bonds is 9. The minimum Gasteiger partial charge on any atom is -0.453 e. The largest absolute Gasteiger partial charge is 0.453 e. The van der Waals surface area contributed by atoms with Crippen LogP contribution in [0.25, 0.3) is 10.9 Å². The van der Waals surface area contributed by atoms with Gasteiger partial charge < -0.3 is 35.5 Å². The quantitative estimate of drug-likeness (QED) is 0.179. The van der Waals surface area contributed by atoms with Gasteiger partial charge in [-0.1, -0.05) is 30.3 Å². The number of unbranched alkanes of at least 4 members (excludes halogenated alkanes) is 1. The number of nitrogens with one attached hydrogen (secondary N) is 4. The molecule has 1 atom stereocenters. The second kappa shape index (κ2) is 13.5. The summed E-state index contributed by atoms with van der Waals surface area (Å²) < 4.78 is 4.50. The molecule has 12 nitrogen and oxygen atoms in total. The first-order chi connectivity index (χ1) is 19.8. The van der Waals surface area contributed by atoms with E-state index in [1.165, 1.54) is 18.2 Å². The van der Waals surface area contributed by atoms with Crippen LogP contribution in [0.1, 0.15) is 40.5 Å². The standard InChI is InChI=1S/C29H34N6O6/c1-19-18-34(26(37)20-9-4-3-5-10-20)15-16-35(19)27(38)25(36)22-17-32-24-21(22)11-8-12-23(24)33-28(39)30-13-6-7-14-31-29(40)41-2/h3-5,8-12,17,19,32H,6-7,13-16,18H2,1-2H3,(H,31,40)(H2,30,33,39)/t19-/m1/s1. The molecule has 3 aromatic rings. The van der Waals surface area contributed by atoms with Gasteiger partial charge in [-0.15, -0.1) is 0 Å². The SMILES string of the molecule is COC(=O)NCCCCNC(=O)Nc1cccc2c(C(=O)C(=O)N3CCN(C(=O)c4ccccc4)C[C@H]3C)c[nH]c12. The van der Waals surface area contributed by atoms with Crippen LogP contribution in [0.3, 0.4) is 0 Å². The molecule has 1 fully saturated rings. The monoisotopic (exact) mass is 562 g/mol. The summed E-state index contributed by atoms with van der Waals surface area (Å²) in [4.78, 5) is 69.1. The maximum atomic E-state index is 13.3. The Morgan fingerprint density at radius 2 is 1.68 bits per heavy atom. The Bertz CT molecular complexity index is 1420. The molecule has 4 rings (SSSR count). The summed E-state index contributed by atoms with van der Waals surface area (Å²) in [6.07, 6.45) is 2.29. The number of aromatic nitrogens is 1. The first-order valence-corrected chi connectivity index (χ1v) is 13.5. The number of hydrogen-bond donors (Lipinski definition) is 4. The molecule has 0 unspecified atom stereocenters. The third-order valence-electron chi connectivity index (χ3n) is 6.94. The summed E-state index contributed by atoms with van der Waals surface area (Å²) in [6, 6.07) is 13.3. The third-order valence-corrected chi connectivity index (χ3v) is 6.94. The molecule has 41 heavy (non-hydrogen) atoms. The molecule has 0 bridgehead atoms. The number of H-pyrrole nitrogens is 1. The number of benzene rings is 2. The van der Waals surface area contributed by atoms with E-state index in [-0.39, 0.29) is 24.1 Å². The number of hydrogen-bond acceptors (Lipinski definition) is 6. The molecule has 1 aromatic heterocycles. The predicted molar refractivity (Wildman–Crippen MR) is 153 cm³/mol. The number of piperazine rings is 1. The molecule has 4 N–H and O–H groups in total. The van der Waals surface area contributed by atoms with Crippen molar-refractivity contribution in [2.24, 2.45) is 0 Å². The second-order valence-electron chi connectivity index (χ2n) is 9.73. The molecule has 0 aliphatic carbocycles. The zero-order valence-corrected chi connectivity index (χ0v) is 23.1. The van der Waals surface area contributed by atoms with Crippen molar-refractivity contribution < 1.29 is 28.7 Å². The van der Waals surface area contributed by atoms with Crippen molar-refractivity contribution in [3.8, 4) is 0 Å². The normalized spacial score (nSPS) is 14.8. The molecule has 1 aliphatic heterocycles. The number of anilines is 1. The van der Waals surface area contributed by atoms with Crippen molar-refractivity contribution in [3.63, 3.8) is 0 Å². The predicted octanol–water partition coefficient (Wildman–Crippen LogP) is 2.98. The fourth-order valence-corrected chi connectivity index (χ4v) is 4.78. The molecule has 2 heterocycles. The van der Waals surface area contributed by atoms with Gasteiger partial charge in [0.1, 0.15) is 0 Å². The number of ether oxygens (including phenoxy) is 1. The number of aromatic amines is 1. The van der Waals surface area contributed by atoms with Crippen LogP contribution >= 0.6 is 0 Å². The molecule has 1 aliphatic rings. The molecular weight excluding hydrogens is 528 g/mol. The summed E-state index contributed by atoms with van der Waals surface area (Å²) in [5.41, 5.74) is 1.77. The molecule has 1 saturated heterocycles. The highest BCUT2D eigenvalue weighted by atomic mass is 16.5. The van der Waals surface area contributed by atoms with Gasteiger partial charge in [-0.05, 0) is 38.0 Å². The average Bonchev–Trinajstić information content (AvgIpc) is 3.43. The Hall–Kier alpha value is -4.87. The molecule has 0 saturated carbocycles. The van der Waals surface area contributed by atoms with E-state index in [4.69, 9.17) is 0 Å². The fraction of sp³-hybridized carbons (Fsp3) is 0.345. The smallest absolute Gasteiger partial charge is 0.406 e. The van der Waals surface area contributed by atoms with Crippen LogP contribution in [-0.4, -0.2) is 90.4 Å². The average molecular weight is 563 g/mol. The fourth-order valence-electron chi connectivity index (χ4n) is 4.78. The lowest BCUT2D eigenvalue weighted by Crippen LogP contribution is -2.56. The van der Waals surface area contributed by atoms with Gasteiger partial charge in [0, 0.05) is 55.9 Å². The first kappa shape index (κ1) is 29.1. The first-order valence-electron chi connectivity index (χ1n) is 13.5. The van der Waals surface area contributed by atoms with Crippen molar-refractivity contribution in [1.29, 1.82) is 0 Å². The van der Waals surface area contributed by atoms with Crippen LogP contribution in [0.15, 0.2) is 54.7 Å². The molecule has 0 radical (unpaired) electrons. The second-order valence-corrected chi connectivity index (χ2v) is 9.73. The van der Waals surface area contributed by atoms with Crippen LogP contribution in [-0.2, 0) is 9.53 Å². The lowest BCUT2D eigenvalue weighted by atomic mass is 10.1. The third kappa shape index (κ3) is 7.02. The highest BCUT2D eigenvalue weighted by Gasteiger charge is 2.34. The van der Waals surface area contributed by atoms with Gasteiger partial charge in [0.25, 0.3) is 17.6 Å². The Morgan fingerprint density at radius 1 is 0.951 bits per heavy atom. The lowest BCUT2D eigenvalue weighted by Gasteiger charge is -2.39. The molecule has 2 aromatic carbocycles. The summed E-state index contributed by atoms with van der Waals surface area (Å²) in [5.74, 6) is -1.40. The number of ketones is 1. The zero-order chi connectivity index (χ0) is 29.4. The molecule has 5 amide bonds. The van der Waals surface area contributed by atoms with E-state index >= 15 is 0 Å². The van der Waals surface area contributed by atoms with Crippen molar-refractivity contribution in [3.05, 3.63) is 65.9 Å². The van der Waals surface area contributed by atoms with E-state index in [9.17, 15) is 24.0 Å². The van der Waals surface area contributed by atoms with Gasteiger partial charge >= 0.3 is 12.1 Å². The number of carbonyl (C=O) groups excluding carboxylic acids is 5. The van der Waals surface area contributed by atoms with Crippen LogP contribution in [0.5, 0.6) is 0 Å². The van der Waals surface area contributed by atoms with E-state index in [1.807, 2.05) is 13.0 Å². The number of para-hydroxylation sites is 1. The Morgan fingerprint density at radius 3 is 2.39 bits per heavy atom. The van der Waals surface area contributed by atoms with Crippen LogP contribution in [0.4, 0.5) is 15.3 Å². The summed E-state index contributed by atoms with van der Waals surface area (Å²) in [7, 11) is 1.29. The van der Waals surface area contributed by atoms with Gasteiger partial charge in [-0.2, -0.15) is 0 Å². The molecule has 216 valence electrons. The van der Waals surface area contributed by atoms with Gasteiger partial charge in [0.2, 0.25) is 0 Å². The van der Waals surface area contributed by atoms with Gasteiger partial charge in [0.05, 0.1) is 23.9 Å².